The Kier molecular flexibility index (Phi) is 5.32. The molecule has 1 atom stereocenters. The summed E-state index contributed by atoms with van der Waals surface area (Å²) in [4.78, 5) is 12.4. The number of carbonyl (C=O) groups is 1. The van der Waals surface area contributed by atoms with Gasteiger partial charge in [-0.3, -0.25) is 4.79 Å². The minimum absolute atomic E-state index is 0.211. The fraction of sp³-hybridized carbons (Fsp3) is 0.222. The fourth-order valence-corrected chi connectivity index (χ4v) is 3.24. The average Bonchev–Trinajstić information content (AvgIpc) is 3.04. The molecule has 0 unspecified atom stereocenters. The molecule has 0 aliphatic heterocycles. The lowest BCUT2D eigenvalue weighted by molar-refractivity contribution is -0.115. The lowest BCUT2D eigenvalue weighted by Gasteiger charge is -2.12. The van der Waals surface area contributed by atoms with Gasteiger partial charge in [0, 0.05) is 5.69 Å². The summed E-state index contributed by atoms with van der Waals surface area (Å²) in [6.07, 6.45) is 0. The smallest absolute Gasteiger partial charge is 0.237 e. The van der Waals surface area contributed by atoms with Gasteiger partial charge in [0.1, 0.15) is 5.82 Å². The molecule has 0 spiro atoms. The number of anilines is 1. The van der Waals surface area contributed by atoms with Crippen LogP contribution in [0.25, 0.3) is 5.69 Å². The number of carbonyl (C=O) groups excluding carboxylic acids is 1. The van der Waals surface area contributed by atoms with Crippen LogP contribution in [0.5, 0.6) is 0 Å². The van der Waals surface area contributed by atoms with E-state index in [0.29, 0.717) is 10.8 Å². The molecule has 0 radical (unpaired) electrons. The maximum atomic E-state index is 13.0. The lowest BCUT2D eigenvalue weighted by atomic mass is 10.1. The summed E-state index contributed by atoms with van der Waals surface area (Å²) in [6.45, 7) is 5.78. The number of aryl methyl sites for hydroxylation is 2. The molecule has 1 aromatic heterocycles. The number of aromatic nitrogens is 4. The van der Waals surface area contributed by atoms with Crippen molar-refractivity contribution in [1.29, 1.82) is 0 Å². The molecule has 0 bridgehead atoms. The quantitative estimate of drug-likeness (QED) is 0.695. The van der Waals surface area contributed by atoms with Crippen molar-refractivity contribution in [2.45, 2.75) is 31.2 Å². The van der Waals surface area contributed by atoms with Crippen molar-refractivity contribution in [3.05, 3.63) is 59.4 Å². The van der Waals surface area contributed by atoms with Gasteiger partial charge in [-0.1, -0.05) is 29.5 Å². The molecule has 6 nitrogen and oxygen atoms in total. The molecular weight excluding hydrogens is 353 g/mol. The first-order chi connectivity index (χ1) is 12.4. The van der Waals surface area contributed by atoms with E-state index in [1.807, 2.05) is 26.0 Å². The molecule has 3 rings (SSSR count). The van der Waals surface area contributed by atoms with Crippen LogP contribution in [0.15, 0.2) is 47.6 Å². The van der Waals surface area contributed by atoms with Gasteiger partial charge in [-0.25, -0.2) is 4.39 Å². The second-order valence-electron chi connectivity index (χ2n) is 5.92. The summed E-state index contributed by atoms with van der Waals surface area (Å²) in [6, 6.07) is 11.6. The van der Waals surface area contributed by atoms with E-state index < -0.39 is 5.25 Å². The fourth-order valence-electron chi connectivity index (χ4n) is 2.44. The number of tetrazole rings is 1. The predicted octanol–water partition coefficient (Wildman–Crippen LogP) is 3.54. The molecular formula is C18H18FN5OS. The third-order valence-electron chi connectivity index (χ3n) is 3.78. The van der Waals surface area contributed by atoms with Crippen LogP contribution in [0.3, 0.4) is 0 Å². The largest absolute Gasteiger partial charge is 0.325 e. The Morgan fingerprint density at radius 3 is 2.62 bits per heavy atom. The van der Waals surface area contributed by atoms with Crippen LogP contribution in [0, 0.1) is 19.7 Å². The van der Waals surface area contributed by atoms with E-state index in [1.54, 1.807) is 11.6 Å². The molecule has 1 N–H and O–H groups in total. The zero-order valence-corrected chi connectivity index (χ0v) is 15.4. The second kappa shape index (κ2) is 7.65. The Bertz CT molecular complexity index is 926. The van der Waals surface area contributed by atoms with Crippen molar-refractivity contribution in [3.63, 3.8) is 0 Å². The minimum atomic E-state index is -0.435. The van der Waals surface area contributed by atoms with Crippen molar-refractivity contribution in [2.75, 3.05) is 5.32 Å². The Morgan fingerprint density at radius 2 is 1.92 bits per heavy atom. The second-order valence-corrected chi connectivity index (χ2v) is 7.23. The number of rotatable bonds is 5. The first-order valence-corrected chi connectivity index (χ1v) is 8.91. The Morgan fingerprint density at radius 1 is 1.19 bits per heavy atom. The van der Waals surface area contributed by atoms with E-state index in [-0.39, 0.29) is 11.7 Å². The van der Waals surface area contributed by atoms with E-state index >= 15 is 0 Å². The normalized spacial score (nSPS) is 12.0. The lowest BCUT2D eigenvalue weighted by Crippen LogP contribution is -2.23. The van der Waals surface area contributed by atoms with Gasteiger partial charge in [0.05, 0.1) is 10.9 Å². The van der Waals surface area contributed by atoms with Crippen LogP contribution in [-0.4, -0.2) is 31.4 Å². The van der Waals surface area contributed by atoms with Crippen molar-refractivity contribution >= 4 is 23.4 Å². The molecule has 0 saturated heterocycles. The van der Waals surface area contributed by atoms with Gasteiger partial charge in [-0.2, -0.15) is 4.68 Å². The van der Waals surface area contributed by atoms with Crippen molar-refractivity contribution in [2.24, 2.45) is 0 Å². The van der Waals surface area contributed by atoms with E-state index in [1.165, 1.54) is 36.0 Å². The van der Waals surface area contributed by atoms with Crippen molar-refractivity contribution in [3.8, 4) is 5.69 Å². The van der Waals surface area contributed by atoms with Gasteiger partial charge in [-0.15, -0.1) is 5.10 Å². The highest BCUT2D eigenvalue weighted by Gasteiger charge is 2.20. The molecule has 1 amide bonds. The summed E-state index contributed by atoms with van der Waals surface area (Å²) in [5.74, 6) is -0.560. The van der Waals surface area contributed by atoms with Gasteiger partial charge >= 0.3 is 0 Å². The molecule has 2 aromatic carbocycles. The number of hydrogen-bond donors (Lipinski definition) is 1. The number of thioether (sulfide) groups is 1. The topological polar surface area (TPSA) is 72.7 Å². The summed E-state index contributed by atoms with van der Waals surface area (Å²) in [5, 5.41) is 14.7. The highest BCUT2D eigenvalue weighted by molar-refractivity contribution is 8.00. The van der Waals surface area contributed by atoms with Crippen molar-refractivity contribution < 1.29 is 9.18 Å². The molecule has 1 heterocycles. The van der Waals surface area contributed by atoms with E-state index in [9.17, 15) is 9.18 Å². The number of halogens is 1. The minimum Gasteiger partial charge on any atom is -0.325 e. The molecule has 0 fully saturated rings. The Balaban J connectivity index is 1.74. The predicted molar refractivity (Wildman–Crippen MR) is 99.0 cm³/mol. The number of amides is 1. The molecule has 0 aliphatic rings. The van der Waals surface area contributed by atoms with Crippen LogP contribution >= 0.6 is 11.8 Å². The molecule has 8 heteroatoms. The Labute approximate surface area is 154 Å². The average molecular weight is 371 g/mol. The van der Waals surface area contributed by atoms with Crippen LogP contribution in [-0.2, 0) is 4.79 Å². The Hall–Kier alpha value is -2.74. The monoisotopic (exact) mass is 371 g/mol. The molecule has 26 heavy (non-hydrogen) atoms. The number of benzene rings is 2. The summed E-state index contributed by atoms with van der Waals surface area (Å²) in [7, 11) is 0. The van der Waals surface area contributed by atoms with Gasteiger partial charge < -0.3 is 5.32 Å². The zero-order chi connectivity index (χ0) is 18.7. The molecule has 134 valence electrons. The third-order valence-corrected chi connectivity index (χ3v) is 4.82. The first kappa shape index (κ1) is 18.1. The van der Waals surface area contributed by atoms with Crippen LogP contribution in [0.4, 0.5) is 10.1 Å². The SMILES string of the molecule is Cc1ccc(-n2nnnc2S[C@H](C)C(=O)Nc2ccc(F)cc2)c(C)c1. The van der Waals surface area contributed by atoms with Crippen molar-refractivity contribution in [1.82, 2.24) is 20.2 Å². The van der Waals surface area contributed by atoms with Gasteiger partial charge in [0.15, 0.2) is 0 Å². The molecule has 0 saturated carbocycles. The maximum absolute atomic E-state index is 13.0. The van der Waals surface area contributed by atoms with E-state index in [4.69, 9.17) is 0 Å². The standard InChI is InChI=1S/C18H18FN5OS/c1-11-4-9-16(12(2)10-11)24-18(21-22-23-24)26-13(3)17(25)20-15-7-5-14(19)6-8-15/h4-10,13H,1-3H3,(H,20,25)/t13-/m1/s1. The first-order valence-electron chi connectivity index (χ1n) is 8.03. The number of hydrogen-bond acceptors (Lipinski definition) is 5. The number of nitrogens with zero attached hydrogens (tertiary/aromatic N) is 4. The molecule has 3 aromatic rings. The van der Waals surface area contributed by atoms with Gasteiger partial charge in [-0.05, 0) is 67.1 Å². The highest BCUT2D eigenvalue weighted by Crippen LogP contribution is 2.25. The van der Waals surface area contributed by atoms with E-state index in [0.717, 1.165) is 16.8 Å². The molecule has 0 aliphatic carbocycles. The highest BCUT2D eigenvalue weighted by atomic mass is 32.2. The van der Waals surface area contributed by atoms with Gasteiger partial charge in [0.2, 0.25) is 11.1 Å². The summed E-state index contributed by atoms with van der Waals surface area (Å²) < 4.78 is 14.6. The summed E-state index contributed by atoms with van der Waals surface area (Å²) in [5.41, 5.74) is 3.61. The summed E-state index contributed by atoms with van der Waals surface area (Å²) >= 11 is 1.26. The van der Waals surface area contributed by atoms with Gasteiger partial charge in [0.25, 0.3) is 0 Å². The third kappa shape index (κ3) is 4.08. The van der Waals surface area contributed by atoms with E-state index in [2.05, 4.69) is 26.9 Å². The van der Waals surface area contributed by atoms with Crippen LogP contribution in [0.1, 0.15) is 18.1 Å². The maximum Gasteiger partial charge on any atom is 0.237 e. The number of nitrogens with one attached hydrogen (secondary N) is 1. The van der Waals surface area contributed by atoms with Crippen LogP contribution in [0.2, 0.25) is 0 Å². The zero-order valence-electron chi connectivity index (χ0n) is 14.6. The van der Waals surface area contributed by atoms with Crippen LogP contribution < -0.4 is 5.32 Å².